The van der Waals surface area contributed by atoms with E-state index >= 15 is 0 Å². The first-order valence-corrected chi connectivity index (χ1v) is 15.5. The third-order valence-electron chi connectivity index (χ3n) is 9.59. The number of fused-ring (bicyclic) bond motifs is 3. The molecule has 4 aromatic rings. The average molecular weight is 555 g/mol. The second-order valence-electron chi connectivity index (χ2n) is 12.1. The summed E-state index contributed by atoms with van der Waals surface area (Å²) < 4.78 is 0. The van der Waals surface area contributed by atoms with E-state index in [1.807, 2.05) is 18.6 Å². The van der Waals surface area contributed by atoms with Gasteiger partial charge in [-0.25, -0.2) is 0 Å². The van der Waals surface area contributed by atoms with Gasteiger partial charge in [0, 0.05) is 47.6 Å². The molecule has 3 atom stereocenters. The monoisotopic (exact) mass is 554 g/mol. The van der Waals surface area contributed by atoms with Crippen molar-refractivity contribution in [2.75, 3.05) is 0 Å². The molecule has 0 bridgehead atoms. The molecule has 0 fully saturated rings. The molecule has 8 rings (SSSR count). The molecule has 2 nitrogen and oxygen atoms in total. The quantitative estimate of drug-likeness (QED) is 0.251. The van der Waals surface area contributed by atoms with Crippen LogP contribution in [-0.4, -0.2) is 10.7 Å². The number of nitrogens with zero attached hydrogens (tertiary/aromatic N) is 2. The Balaban J connectivity index is 1.24. The van der Waals surface area contributed by atoms with Gasteiger partial charge >= 0.3 is 0 Å². The predicted molar refractivity (Wildman–Crippen MR) is 179 cm³/mol. The van der Waals surface area contributed by atoms with E-state index in [2.05, 4.69) is 132 Å². The predicted octanol–water partition coefficient (Wildman–Crippen LogP) is 7.94. The van der Waals surface area contributed by atoms with E-state index in [4.69, 9.17) is 0 Å². The van der Waals surface area contributed by atoms with Crippen molar-refractivity contribution in [2.45, 2.75) is 32.1 Å². The maximum Gasteiger partial charge on any atom is 0.0346 e. The number of benzene rings is 3. The Bertz CT molecular complexity index is 2020. The molecule has 0 spiro atoms. The van der Waals surface area contributed by atoms with Crippen LogP contribution < -0.4 is 10.4 Å². The first-order valence-electron chi connectivity index (χ1n) is 15.5. The second kappa shape index (κ2) is 10.8. The van der Waals surface area contributed by atoms with E-state index in [9.17, 15) is 0 Å². The Morgan fingerprint density at radius 2 is 1.42 bits per heavy atom. The molecule has 3 aliphatic carbocycles. The molecule has 2 heterocycles. The molecule has 2 heteroatoms. The van der Waals surface area contributed by atoms with Crippen LogP contribution in [0.2, 0.25) is 0 Å². The molecule has 43 heavy (non-hydrogen) atoms. The summed E-state index contributed by atoms with van der Waals surface area (Å²) in [6.45, 7) is 2.11. The molecule has 4 aliphatic rings. The van der Waals surface area contributed by atoms with E-state index in [0.29, 0.717) is 11.8 Å². The van der Waals surface area contributed by atoms with Gasteiger partial charge < -0.3 is 0 Å². The minimum Gasteiger partial charge on any atom is -0.266 e. The van der Waals surface area contributed by atoms with Crippen LogP contribution in [-0.2, 0) is 6.42 Å². The molecule has 0 radical (unpaired) electrons. The fraction of sp³-hybridized carbons (Fsp3) is 0.171. The van der Waals surface area contributed by atoms with Crippen molar-refractivity contribution in [3.63, 3.8) is 0 Å². The van der Waals surface area contributed by atoms with Crippen LogP contribution >= 0.6 is 0 Å². The summed E-state index contributed by atoms with van der Waals surface area (Å²) >= 11 is 0. The van der Waals surface area contributed by atoms with Gasteiger partial charge in [-0.05, 0) is 87.2 Å². The summed E-state index contributed by atoms with van der Waals surface area (Å²) in [5.41, 5.74) is 13.0. The Morgan fingerprint density at radius 3 is 2.19 bits per heavy atom. The van der Waals surface area contributed by atoms with Crippen LogP contribution in [0.25, 0.3) is 28.3 Å². The molecular formula is C41H34N2. The summed E-state index contributed by atoms with van der Waals surface area (Å²) in [6, 6.07) is 27.6. The molecule has 3 aromatic carbocycles. The third kappa shape index (κ3) is 4.58. The van der Waals surface area contributed by atoms with E-state index in [-0.39, 0.29) is 5.92 Å². The Morgan fingerprint density at radius 1 is 0.698 bits per heavy atom. The maximum atomic E-state index is 4.62. The van der Waals surface area contributed by atoms with E-state index < -0.39 is 0 Å². The number of aryl methyl sites for hydroxylation is 1. The number of rotatable bonds is 4. The molecular weight excluding hydrogens is 520 g/mol. The normalized spacial score (nSPS) is 21.7. The van der Waals surface area contributed by atoms with Crippen LogP contribution in [0, 0.1) is 11.8 Å². The summed E-state index contributed by atoms with van der Waals surface area (Å²) in [4.78, 5) is 9.16. The largest absolute Gasteiger partial charge is 0.266 e. The summed E-state index contributed by atoms with van der Waals surface area (Å²) in [5.74, 6) is 0.872. The van der Waals surface area contributed by atoms with Gasteiger partial charge in [-0.1, -0.05) is 109 Å². The molecule has 3 unspecified atom stereocenters. The highest BCUT2D eigenvalue weighted by Gasteiger charge is 2.32. The number of hydrogen-bond acceptors (Lipinski definition) is 2. The van der Waals surface area contributed by atoms with Gasteiger partial charge in [0.1, 0.15) is 0 Å². The van der Waals surface area contributed by atoms with Crippen molar-refractivity contribution < 1.29 is 0 Å². The molecule has 0 N–H and O–H groups in total. The Hall–Kier alpha value is -4.82. The molecule has 1 aliphatic heterocycles. The van der Waals surface area contributed by atoms with Crippen LogP contribution in [0.15, 0.2) is 133 Å². The zero-order valence-electron chi connectivity index (χ0n) is 24.4. The maximum absolute atomic E-state index is 4.62. The molecule has 208 valence electrons. The van der Waals surface area contributed by atoms with Gasteiger partial charge in [-0.15, -0.1) is 0 Å². The zero-order valence-corrected chi connectivity index (χ0v) is 24.4. The third-order valence-corrected chi connectivity index (χ3v) is 9.59. The fourth-order valence-corrected chi connectivity index (χ4v) is 7.42. The lowest BCUT2D eigenvalue weighted by Gasteiger charge is -2.33. The lowest BCUT2D eigenvalue weighted by atomic mass is 9.70. The van der Waals surface area contributed by atoms with Gasteiger partial charge in [-0.3, -0.25) is 9.98 Å². The van der Waals surface area contributed by atoms with Crippen LogP contribution in [0.4, 0.5) is 0 Å². The topological polar surface area (TPSA) is 25.2 Å². The van der Waals surface area contributed by atoms with Crippen molar-refractivity contribution in [1.29, 1.82) is 0 Å². The minimum atomic E-state index is 0.281. The number of hydrogen-bond donors (Lipinski definition) is 0. The highest BCUT2D eigenvalue weighted by Crippen LogP contribution is 2.41. The Labute approximate surface area is 253 Å². The van der Waals surface area contributed by atoms with Crippen molar-refractivity contribution in [3.05, 3.63) is 166 Å². The number of aromatic nitrogens is 1. The summed E-state index contributed by atoms with van der Waals surface area (Å²) in [7, 11) is 0. The summed E-state index contributed by atoms with van der Waals surface area (Å²) in [6.07, 6.45) is 25.1. The van der Waals surface area contributed by atoms with Gasteiger partial charge in [-0.2, -0.15) is 0 Å². The molecule has 0 saturated carbocycles. The van der Waals surface area contributed by atoms with Crippen molar-refractivity contribution >= 4 is 22.9 Å². The van der Waals surface area contributed by atoms with Crippen LogP contribution in [0.3, 0.4) is 0 Å². The van der Waals surface area contributed by atoms with E-state index in [0.717, 1.165) is 30.5 Å². The standard InChI is InChI=1S/C41H34N2/c1-27-35(15-8-22-43-27)34-24-33(25-42-26-34)29-16-19-30(20-17-29)40-36-11-4-6-13-38(36)41(39-14-7-5-12-37(39)40)32-21-18-28-9-2-3-10-31(28)23-32/h2,4-9,11-14,16-26,35-36,38H,3,10,15H2,1H3. The second-order valence-corrected chi connectivity index (χ2v) is 12.1. The molecule has 0 amide bonds. The van der Waals surface area contributed by atoms with Gasteiger partial charge in [0.2, 0.25) is 0 Å². The summed E-state index contributed by atoms with van der Waals surface area (Å²) in [5, 5.41) is 2.69. The first-order chi connectivity index (χ1) is 21.2. The molecule has 0 saturated heterocycles. The average Bonchev–Trinajstić information content (AvgIpc) is 3.07. The Kier molecular flexibility index (Phi) is 6.48. The smallest absolute Gasteiger partial charge is 0.0346 e. The van der Waals surface area contributed by atoms with Gasteiger partial charge in [0.15, 0.2) is 0 Å². The van der Waals surface area contributed by atoms with Gasteiger partial charge in [0.05, 0.1) is 0 Å². The SMILES string of the molecule is CC1=NC=CCC1c1cncc(-c2ccc(C3=c4ccccc4=C(c4ccc5c(c4)CCC=C5)C4C=CC=CC34)cc2)c1. The van der Waals surface area contributed by atoms with Crippen LogP contribution in [0.5, 0.6) is 0 Å². The van der Waals surface area contributed by atoms with E-state index in [1.165, 1.54) is 55.0 Å². The number of allylic oxidation sites excluding steroid dienone is 6. The minimum absolute atomic E-state index is 0.281. The van der Waals surface area contributed by atoms with Crippen molar-refractivity contribution in [1.82, 2.24) is 4.98 Å². The van der Waals surface area contributed by atoms with Crippen molar-refractivity contribution in [2.24, 2.45) is 16.8 Å². The lowest BCUT2D eigenvalue weighted by Crippen LogP contribution is -2.40. The fourth-order valence-electron chi connectivity index (χ4n) is 7.42. The van der Waals surface area contributed by atoms with E-state index in [1.54, 1.807) is 0 Å². The first kappa shape index (κ1) is 25.9. The zero-order chi connectivity index (χ0) is 28.8. The van der Waals surface area contributed by atoms with Crippen molar-refractivity contribution in [3.8, 4) is 11.1 Å². The number of pyridine rings is 1. The van der Waals surface area contributed by atoms with Crippen LogP contribution in [0.1, 0.15) is 53.5 Å². The number of aliphatic imine (C=N–C) groups is 1. The molecule has 1 aromatic heterocycles. The lowest BCUT2D eigenvalue weighted by molar-refractivity contribution is 0.686. The highest BCUT2D eigenvalue weighted by atomic mass is 14.7. The highest BCUT2D eigenvalue weighted by molar-refractivity contribution is 5.90. The van der Waals surface area contributed by atoms with Gasteiger partial charge in [0.25, 0.3) is 0 Å².